The largest absolute Gasteiger partial charge is 0.480 e. The van der Waals surface area contributed by atoms with E-state index < -0.39 is 5.97 Å². The molecule has 1 unspecified atom stereocenters. The second kappa shape index (κ2) is 6.43. The van der Waals surface area contributed by atoms with Gasteiger partial charge in [-0.1, -0.05) is 26.7 Å². The number of aliphatic carboxylic acids is 1. The Morgan fingerprint density at radius 2 is 2.29 bits per heavy atom. The predicted octanol–water partition coefficient (Wildman–Crippen LogP) is 3.18. The molecule has 21 heavy (non-hydrogen) atoms. The highest BCUT2D eigenvalue weighted by atomic mass is 16.5. The number of rotatable bonds is 7. The summed E-state index contributed by atoms with van der Waals surface area (Å²) in [4.78, 5) is 15.1. The minimum atomic E-state index is -0.987. The van der Waals surface area contributed by atoms with Crippen LogP contribution in [0, 0.1) is 6.92 Å². The Labute approximate surface area is 125 Å². The number of carbonyl (C=O) groups is 1. The van der Waals surface area contributed by atoms with E-state index in [-0.39, 0.29) is 12.2 Å². The topological polar surface area (TPSA) is 68.7 Å². The Morgan fingerprint density at radius 1 is 1.52 bits per heavy atom. The van der Waals surface area contributed by atoms with Crippen molar-refractivity contribution < 1.29 is 19.4 Å². The van der Waals surface area contributed by atoms with Crippen LogP contribution in [0.15, 0.2) is 6.20 Å². The first kappa shape index (κ1) is 15.8. The van der Waals surface area contributed by atoms with Crippen LogP contribution < -0.4 is 4.74 Å². The molecule has 0 saturated carbocycles. The highest BCUT2D eigenvalue weighted by molar-refractivity contribution is 5.68. The maximum absolute atomic E-state index is 10.7. The number of nitrogens with zero attached hydrogens (tertiary/aromatic N) is 1. The fourth-order valence-electron chi connectivity index (χ4n) is 2.93. The summed E-state index contributed by atoms with van der Waals surface area (Å²) in [5.74, 6) is -0.416. The quantitative estimate of drug-likeness (QED) is 0.836. The summed E-state index contributed by atoms with van der Waals surface area (Å²) in [6, 6.07) is 0. The summed E-state index contributed by atoms with van der Waals surface area (Å²) in [5, 5.41) is 8.80. The maximum Gasteiger partial charge on any atom is 0.341 e. The van der Waals surface area contributed by atoms with Crippen molar-refractivity contribution in [2.75, 3.05) is 6.61 Å². The SMILES string of the molecule is CCCCC1(CC)OCc2c1cnc(C)c2OCC(=O)O. The zero-order valence-corrected chi connectivity index (χ0v) is 12.9. The molecule has 1 aliphatic rings. The minimum absolute atomic E-state index is 0.298. The zero-order valence-electron chi connectivity index (χ0n) is 12.9. The van der Waals surface area contributed by atoms with E-state index in [1.165, 1.54) is 0 Å². The van der Waals surface area contributed by atoms with Crippen molar-refractivity contribution in [1.82, 2.24) is 4.98 Å². The minimum Gasteiger partial charge on any atom is -0.480 e. The second-order valence-corrected chi connectivity index (χ2v) is 5.49. The summed E-state index contributed by atoms with van der Waals surface area (Å²) in [5.41, 5.74) is 2.43. The van der Waals surface area contributed by atoms with E-state index in [0.717, 1.165) is 36.8 Å². The first-order valence-electron chi connectivity index (χ1n) is 7.51. The first-order chi connectivity index (χ1) is 10.0. The van der Waals surface area contributed by atoms with Gasteiger partial charge in [-0.25, -0.2) is 4.79 Å². The standard InChI is InChI=1S/C16H23NO4/c1-4-6-7-16(5-2)13-8-17-11(3)15(12(13)9-21-16)20-10-14(18)19/h8H,4-7,9-10H2,1-3H3,(H,18,19). The molecule has 2 rings (SSSR count). The number of aromatic nitrogens is 1. The van der Waals surface area contributed by atoms with Crippen LogP contribution in [0.25, 0.3) is 0 Å². The van der Waals surface area contributed by atoms with Crippen molar-refractivity contribution in [3.63, 3.8) is 0 Å². The van der Waals surface area contributed by atoms with Gasteiger partial charge in [0, 0.05) is 17.3 Å². The highest BCUT2D eigenvalue weighted by Gasteiger charge is 2.40. The van der Waals surface area contributed by atoms with E-state index in [9.17, 15) is 4.79 Å². The first-order valence-corrected chi connectivity index (χ1v) is 7.51. The number of hydrogen-bond acceptors (Lipinski definition) is 4. The van der Waals surface area contributed by atoms with Crippen LogP contribution in [0.5, 0.6) is 5.75 Å². The Balaban J connectivity index is 2.36. The molecule has 2 heterocycles. The molecule has 1 aliphatic heterocycles. The van der Waals surface area contributed by atoms with Gasteiger partial charge in [-0.15, -0.1) is 0 Å². The van der Waals surface area contributed by atoms with Gasteiger partial charge in [0.25, 0.3) is 0 Å². The van der Waals surface area contributed by atoms with Crippen molar-refractivity contribution in [3.8, 4) is 5.75 Å². The number of carboxylic acid groups (broad SMARTS) is 1. The molecular formula is C16H23NO4. The Kier molecular flexibility index (Phi) is 4.83. The number of aryl methyl sites for hydroxylation is 1. The monoisotopic (exact) mass is 293 g/mol. The van der Waals surface area contributed by atoms with Crippen LogP contribution in [0.3, 0.4) is 0 Å². The van der Waals surface area contributed by atoms with Crippen molar-refractivity contribution >= 4 is 5.97 Å². The lowest BCUT2D eigenvalue weighted by molar-refractivity contribution is -0.139. The van der Waals surface area contributed by atoms with E-state index >= 15 is 0 Å². The summed E-state index contributed by atoms with van der Waals surface area (Å²) in [7, 11) is 0. The Hall–Kier alpha value is -1.62. The lowest BCUT2D eigenvalue weighted by Crippen LogP contribution is -2.24. The van der Waals surface area contributed by atoms with Gasteiger partial charge in [0.2, 0.25) is 0 Å². The molecule has 5 heteroatoms. The van der Waals surface area contributed by atoms with Crippen molar-refractivity contribution in [1.29, 1.82) is 0 Å². The fraction of sp³-hybridized carbons (Fsp3) is 0.625. The molecule has 0 spiro atoms. The molecule has 0 amide bonds. The summed E-state index contributed by atoms with van der Waals surface area (Å²) in [6.07, 6.45) is 5.90. The lowest BCUT2D eigenvalue weighted by atomic mass is 9.86. The average molecular weight is 293 g/mol. The predicted molar refractivity (Wildman–Crippen MR) is 78.4 cm³/mol. The van der Waals surface area contributed by atoms with Gasteiger partial charge >= 0.3 is 5.97 Å². The van der Waals surface area contributed by atoms with Crippen LogP contribution in [-0.4, -0.2) is 22.7 Å². The van der Waals surface area contributed by atoms with Gasteiger partial charge in [0.15, 0.2) is 6.61 Å². The number of carboxylic acids is 1. The fourth-order valence-corrected chi connectivity index (χ4v) is 2.93. The van der Waals surface area contributed by atoms with Gasteiger partial charge < -0.3 is 14.6 Å². The maximum atomic E-state index is 10.7. The van der Waals surface area contributed by atoms with Crippen LogP contribution in [0.1, 0.15) is 56.4 Å². The third-order valence-electron chi connectivity index (χ3n) is 4.14. The summed E-state index contributed by atoms with van der Waals surface area (Å²) in [6.45, 7) is 6.21. The van der Waals surface area contributed by atoms with E-state index in [1.54, 1.807) is 0 Å². The van der Waals surface area contributed by atoms with Crippen LogP contribution in [-0.2, 0) is 21.7 Å². The van der Waals surface area contributed by atoms with E-state index in [2.05, 4.69) is 18.8 Å². The van der Waals surface area contributed by atoms with Gasteiger partial charge in [-0.05, 0) is 19.8 Å². The molecule has 1 atom stereocenters. The second-order valence-electron chi connectivity index (χ2n) is 5.49. The molecule has 0 saturated heterocycles. The van der Waals surface area contributed by atoms with Crippen molar-refractivity contribution in [3.05, 3.63) is 23.0 Å². The van der Waals surface area contributed by atoms with Crippen molar-refractivity contribution in [2.45, 2.75) is 58.7 Å². The molecule has 0 aliphatic carbocycles. The lowest BCUT2D eigenvalue weighted by Gasteiger charge is -2.28. The normalized spacial score (nSPS) is 20.3. The molecule has 116 valence electrons. The highest BCUT2D eigenvalue weighted by Crippen LogP contribution is 2.46. The average Bonchev–Trinajstić information content (AvgIpc) is 2.83. The Bertz CT molecular complexity index is 529. The molecule has 1 aromatic heterocycles. The molecule has 0 bridgehead atoms. The zero-order chi connectivity index (χ0) is 15.5. The molecule has 0 aromatic carbocycles. The smallest absolute Gasteiger partial charge is 0.341 e. The summed E-state index contributed by atoms with van der Waals surface area (Å²) >= 11 is 0. The van der Waals surface area contributed by atoms with Crippen LogP contribution in [0.2, 0.25) is 0 Å². The number of ether oxygens (including phenoxy) is 2. The third-order valence-corrected chi connectivity index (χ3v) is 4.14. The van der Waals surface area contributed by atoms with E-state index in [1.807, 2.05) is 13.1 Å². The van der Waals surface area contributed by atoms with Gasteiger partial charge in [0.05, 0.1) is 17.9 Å². The molecule has 5 nitrogen and oxygen atoms in total. The van der Waals surface area contributed by atoms with Crippen molar-refractivity contribution in [2.24, 2.45) is 0 Å². The van der Waals surface area contributed by atoms with Crippen LogP contribution in [0.4, 0.5) is 0 Å². The molecule has 0 radical (unpaired) electrons. The number of hydrogen-bond donors (Lipinski definition) is 1. The van der Waals surface area contributed by atoms with Gasteiger partial charge in [0.1, 0.15) is 5.75 Å². The van der Waals surface area contributed by atoms with E-state index in [4.69, 9.17) is 14.6 Å². The Morgan fingerprint density at radius 3 is 2.90 bits per heavy atom. The van der Waals surface area contributed by atoms with E-state index in [0.29, 0.717) is 18.1 Å². The number of fused-ring (bicyclic) bond motifs is 1. The molecule has 1 N–H and O–H groups in total. The van der Waals surface area contributed by atoms with Gasteiger partial charge in [-0.2, -0.15) is 0 Å². The third kappa shape index (κ3) is 3.02. The summed E-state index contributed by atoms with van der Waals surface area (Å²) < 4.78 is 11.5. The molecular weight excluding hydrogens is 270 g/mol. The van der Waals surface area contributed by atoms with Crippen LogP contribution >= 0.6 is 0 Å². The van der Waals surface area contributed by atoms with Gasteiger partial charge in [-0.3, -0.25) is 4.98 Å². The number of unbranched alkanes of at least 4 members (excludes halogenated alkanes) is 1. The number of pyridine rings is 1. The molecule has 0 fully saturated rings. The molecule has 1 aromatic rings.